The summed E-state index contributed by atoms with van der Waals surface area (Å²) in [6, 6.07) is 4.33. The first-order chi connectivity index (χ1) is 10.0. The minimum Gasteiger partial charge on any atom is -0.805 e. The minimum absolute atomic E-state index is 0.0328. The molecular weight excluding hydrogens is 316 g/mol. The van der Waals surface area contributed by atoms with Gasteiger partial charge >= 0.3 is 11.7 Å². The number of hydrogen-bond acceptors (Lipinski definition) is 5. The molecule has 1 aromatic heterocycles. The van der Waals surface area contributed by atoms with Crippen molar-refractivity contribution in [2.24, 2.45) is 0 Å². The normalized spacial score (nSPS) is 10.8. The maximum absolute atomic E-state index is 12.4. The van der Waals surface area contributed by atoms with Crippen LogP contribution in [0.1, 0.15) is 23.1 Å². The molecule has 0 unspecified atom stereocenters. The van der Waals surface area contributed by atoms with E-state index in [1.807, 2.05) is 0 Å². The number of hydrogen-bond donors (Lipinski definition) is 0. The van der Waals surface area contributed by atoms with Crippen LogP contribution in [0, 0.1) is 10.1 Å². The second-order valence-corrected chi connectivity index (χ2v) is 5.47. The Hall–Kier alpha value is -1.73. The highest BCUT2D eigenvalue weighted by atomic mass is 35.5. The molecule has 0 spiro atoms. The number of nitrogens with zero attached hydrogens (tertiary/aromatic N) is 2. The molecule has 0 aliphatic rings. The number of rotatable bonds is 4. The van der Waals surface area contributed by atoms with Gasteiger partial charge in [-0.25, -0.2) is 4.79 Å². The van der Waals surface area contributed by atoms with Crippen molar-refractivity contribution in [1.29, 1.82) is 0 Å². The number of fused-ring (bicyclic) bond motifs is 1. The van der Waals surface area contributed by atoms with E-state index in [2.05, 4.69) is 0 Å². The van der Waals surface area contributed by atoms with Gasteiger partial charge in [-0.2, -0.15) is 11.8 Å². The fourth-order valence-corrected chi connectivity index (χ4v) is 2.67. The van der Waals surface area contributed by atoms with E-state index in [1.165, 1.54) is 30.0 Å². The molecule has 0 radical (unpaired) electrons. The maximum atomic E-state index is 12.4. The number of thioether (sulfide) groups is 1. The van der Waals surface area contributed by atoms with Crippen LogP contribution in [0.25, 0.3) is 11.0 Å². The van der Waals surface area contributed by atoms with Gasteiger partial charge in [-0.05, 0) is 25.3 Å². The standard InChI is InChI=1S/C13H13ClN2O4S/c1-3-20-13(17)12-11(7-21-2)15(18)9-5-4-8(14)6-10(9)16(12)19/h4-6H,3,7H2,1-2H3. The molecule has 0 atom stereocenters. The molecule has 21 heavy (non-hydrogen) atoms. The Labute approximate surface area is 129 Å². The Balaban J connectivity index is 2.86. The van der Waals surface area contributed by atoms with Crippen molar-refractivity contribution in [3.8, 4) is 0 Å². The van der Waals surface area contributed by atoms with Crippen LogP contribution in [-0.4, -0.2) is 23.6 Å². The van der Waals surface area contributed by atoms with Crippen LogP contribution in [-0.2, 0) is 10.5 Å². The van der Waals surface area contributed by atoms with E-state index in [9.17, 15) is 14.9 Å². The molecule has 0 bridgehead atoms. The molecule has 1 aromatic carbocycles. The molecule has 0 N–H and O–H groups in total. The Kier molecular flexibility index (Phi) is 4.74. The second kappa shape index (κ2) is 6.36. The van der Waals surface area contributed by atoms with Crippen molar-refractivity contribution >= 4 is 40.4 Å². The van der Waals surface area contributed by atoms with Gasteiger partial charge in [0, 0.05) is 21.7 Å². The molecule has 0 aliphatic carbocycles. The number of carbonyl (C=O) groups excluding carboxylic acids is 1. The molecule has 6 nitrogen and oxygen atoms in total. The van der Waals surface area contributed by atoms with Gasteiger partial charge in [-0.3, -0.25) is 0 Å². The highest BCUT2D eigenvalue weighted by Crippen LogP contribution is 2.21. The van der Waals surface area contributed by atoms with Gasteiger partial charge < -0.3 is 14.7 Å². The van der Waals surface area contributed by atoms with Gasteiger partial charge in [0.05, 0.1) is 11.0 Å². The van der Waals surface area contributed by atoms with E-state index in [0.29, 0.717) is 14.2 Å². The predicted octanol–water partition coefficient (Wildman–Crippen LogP) is 2.59. The summed E-state index contributed by atoms with van der Waals surface area (Å²) in [5.74, 6) is -0.596. The van der Waals surface area contributed by atoms with Gasteiger partial charge in [0.15, 0.2) is 0 Å². The van der Waals surface area contributed by atoms with E-state index in [1.54, 1.807) is 13.2 Å². The molecule has 0 amide bonds. The van der Waals surface area contributed by atoms with Crippen molar-refractivity contribution in [3.05, 3.63) is 44.7 Å². The molecule has 2 rings (SSSR count). The van der Waals surface area contributed by atoms with Crippen LogP contribution in [0.15, 0.2) is 18.2 Å². The number of benzene rings is 1. The number of aromatic nitrogens is 2. The van der Waals surface area contributed by atoms with Crippen LogP contribution < -0.4 is 4.43 Å². The summed E-state index contributed by atoms with van der Waals surface area (Å²) >= 11 is 7.19. The zero-order valence-electron chi connectivity index (χ0n) is 11.5. The molecule has 0 fully saturated rings. The second-order valence-electron chi connectivity index (χ2n) is 4.17. The highest BCUT2D eigenvalue weighted by molar-refractivity contribution is 7.97. The van der Waals surface area contributed by atoms with Crippen molar-refractivity contribution in [2.75, 3.05) is 12.9 Å². The van der Waals surface area contributed by atoms with E-state index >= 15 is 0 Å². The van der Waals surface area contributed by atoms with Gasteiger partial charge in [0.2, 0.25) is 0 Å². The quantitative estimate of drug-likeness (QED) is 0.637. The number of ether oxygens (including phenoxy) is 1. The number of halogens is 1. The summed E-state index contributed by atoms with van der Waals surface area (Å²) in [6.07, 6.45) is 1.77. The van der Waals surface area contributed by atoms with E-state index in [-0.39, 0.29) is 34.8 Å². The first-order valence-electron chi connectivity index (χ1n) is 6.14. The molecule has 0 saturated carbocycles. The predicted molar refractivity (Wildman–Crippen MR) is 82.3 cm³/mol. The highest BCUT2D eigenvalue weighted by Gasteiger charge is 2.30. The third-order valence-electron chi connectivity index (χ3n) is 2.85. The third kappa shape index (κ3) is 2.84. The lowest BCUT2D eigenvalue weighted by Crippen LogP contribution is -2.32. The average molecular weight is 329 g/mol. The minimum atomic E-state index is -0.817. The molecule has 1 heterocycles. The Morgan fingerprint density at radius 3 is 2.86 bits per heavy atom. The van der Waals surface area contributed by atoms with Crippen LogP contribution in [0.3, 0.4) is 0 Å². The van der Waals surface area contributed by atoms with Gasteiger partial charge in [-0.15, -0.1) is 0 Å². The molecule has 8 heteroatoms. The van der Waals surface area contributed by atoms with E-state index in [4.69, 9.17) is 16.3 Å². The fraction of sp³-hybridized carbons (Fsp3) is 0.308. The Bertz CT molecular complexity index is 760. The average Bonchev–Trinajstić information content (AvgIpc) is 2.45. The molecule has 0 saturated heterocycles. The zero-order valence-corrected chi connectivity index (χ0v) is 13.0. The maximum Gasteiger partial charge on any atom is 0.410 e. The molecule has 112 valence electrons. The van der Waals surface area contributed by atoms with Crippen molar-refractivity contribution in [2.45, 2.75) is 12.7 Å². The van der Waals surface area contributed by atoms with Crippen LogP contribution >= 0.6 is 23.4 Å². The topological polar surface area (TPSA) is 77.3 Å². The zero-order chi connectivity index (χ0) is 15.6. The SMILES string of the molecule is CCOC(=O)c1c(CSC)n([O-])c2ccc(Cl)cc2[n+]1=O. The largest absolute Gasteiger partial charge is 0.805 e. The monoisotopic (exact) mass is 328 g/mol. The van der Waals surface area contributed by atoms with Crippen LogP contribution in [0.5, 0.6) is 0 Å². The number of carbonyl (C=O) groups is 1. The third-order valence-corrected chi connectivity index (χ3v) is 3.64. The first-order valence-corrected chi connectivity index (χ1v) is 7.91. The lowest BCUT2D eigenvalue weighted by Gasteiger charge is -2.18. The van der Waals surface area contributed by atoms with Gasteiger partial charge in [-0.1, -0.05) is 11.6 Å². The summed E-state index contributed by atoms with van der Waals surface area (Å²) in [4.78, 5) is 24.4. The Morgan fingerprint density at radius 2 is 2.24 bits per heavy atom. The van der Waals surface area contributed by atoms with Gasteiger partial charge in [0.1, 0.15) is 11.2 Å². The van der Waals surface area contributed by atoms with Crippen LogP contribution in [0.2, 0.25) is 5.02 Å². The lowest BCUT2D eigenvalue weighted by molar-refractivity contribution is -0.469. The molecular formula is C13H13ClN2O4S. The summed E-state index contributed by atoms with van der Waals surface area (Å²) in [6.45, 7) is 1.74. The summed E-state index contributed by atoms with van der Waals surface area (Å²) < 4.78 is 5.88. The van der Waals surface area contributed by atoms with Crippen molar-refractivity contribution in [1.82, 2.24) is 4.73 Å². The van der Waals surface area contributed by atoms with Gasteiger partial charge in [0.25, 0.3) is 5.52 Å². The summed E-state index contributed by atoms with van der Waals surface area (Å²) in [7, 11) is 0. The fourth-order valence-electron chi connectivity index (χ4n) is 1.97. The lowest BCUT2D eigenvalue weighted by atomic mass is 10.2. The summed E-state index contributed by atoms with van der Waals surface area (Å²) in [5.41, 5.74) is -0.0290. The summed E-state index contributed by atoms with van der Waals surface area (Å²) in [5, 5.41) is 12.7. The van der Waals surface area contributed by atoms with Crippen molar-refractivity contribution < 1.29 is 14.0 Å². The number of esters is 1. The first kappa shape index (κ1) is 15.7. The van der Waals surface area contributed by atoms with Crippen LogP contribution in [0.4, 0.5) is 0 Å². The van der Waals surface area contributed by atoms with E-state index in [0.717, 1.165) is 0 Å². The van der Waals surface area contributed by atoms with Crippen molar-refractivity contribution in [3.63, 3.8) is 0 Å². The molecule has 2 aromatic rings. The van der Waals surface area contributed by atoms with E-state index < -0.39 is 5.97 Å². The molecule has 0 aliphatic heterocycles. The Morgan fingerprint density at radius 1 is 1.52 bits per heavy atom. The smallest absolute Gasteiger partial charge is 0.410 e.